The Hall–Kier alpha value is -4.44. The number of hydrogen-bond donors (Lipinski definition) is 1. The van der Waals surface area contributed by atoms with Crippen molar-refractivity contribution in [2.75, 3.05) is 23.3 Å². The molecule has 0 saturated carbocycles. The van der Waals surface area contributed by atoms with Gasteiger partial charge in [-0.25, -0.2) is 17.8 Å². The standard InChI is InChI=1S/C26H20FN3O5S/c1-34-26-22(29-36(32,33)21-10-8-19(27)9-11-21)13-18(15-28-26)17-7-12-24-23(14-17)30(25(31)16-35-24)20-5-3-2-4-6-20/h2-15,29H,16H2,1H3. The average molecular weight is 506 g/mol. The third-order valence-corrected chi connectivity index (χ3v) is 6.94. The monoisotopic (exact) mass is 505 g/mol. The molecule has 4 aromatic rings. The first-order valence-corrected chi connectivity index (χ1v) is 12.3. The Morgan fingerprint density at radius 1 is 1.00 bits per heavy atom. The molecule has 1 N–H and O–H groups in total. The van der Waals surface area contributed by atoms with Crippen molar-refractivity contribution in [2.24, 2.45) is 0 Å². The first-order chi connectivity index (χ1) is 17.4. The van der Waals surface area contributed by atoms with E-state index in [1.54, 1.807) is 29.2 Å². The number of amides is 1. The summed E-state index contributed by atoms with van der Waals surface area (Å²) in [6, 6.07) is 20.6. The van der Waals surface area contributed by atoms with Crippen LogP contribution in [-0.4, -0.2) is 33.0 Å². The normalized spacial score (nSPS) is 13.1. The highest BCUT2D eigenvalue weighted by Gasteiger charge is 2.27. The second-order valence-electron chi connectivity index (χ2n) is 7.88. The molecular weight excluding hydrogens is 485 g/mol. The first-order valence-electron chi connectivity index (χ1n) is 10.8. The number of benzene rings is 3. The van der Waals surface area contributed by atoms with Crippen molar-refractivity contribution in [1.29, 1.82) is 0 Å². The number of pyridine rings is 1. The van der Waals surface area contributed by atoms with E-state index < -0.39 is 15.8 Å². The molecule has 1 aliphatic rings. The molecule has 0 bridgehead atoms. The molecular formula is C26H20FN3O5S. The van der Waals surface area contributed by atoms with Gasteiger partial charge in [0.1, 0.15) is 17.3 Å². The smallest absolute Gasteiger partial charge is 0.269 e. The van der Waals surface area contributed by atoms with Crippen LogP contribution in [0.5, 0.6) is 11.6 Å². The van der Waals surface area contributed by atoms with Crippen LogP contribution in [0.25, 0.3) is 11.1 Å². The number of aromatic nitrogens is 1. The molecule has 5 rings (SSSR count). The van der Waals surface area contributed by atoms with Gasteiger partial charge >= 0.3 is 0 Å². The summed E-state index contributed by atoms with van der Waals surface area (Å²) in [5, 5.41) is 0. The molecule has 1 aromatic heterocycles. The molecule has 0 fully saturated rings. The molecule has 10 heteroatoms. The summed E-state index contributed by atoms with van der Waals surface area (Å²) in [5.41, 5.74) is 2.60. The van der Waals surface area contributed by atoms with Crippen molar-refractivity contribution >= 4 is 33.0 Å². The SMILES string of the molecule is COc1ncc(-c2ccc3c(c2)N(c2ccccc2)C(=O)CO3)cc1NS(=O)(=O)c1ccc(F)cc1. The summed E-state index contributed by atoms with van der Waals surface area (Å²) in [4.78, 5) is 18.4. The van der Waals surface area contributed by atoms with Gasteiger partial charge in [0, 0.05) is 17.4 Å². The molecule has 0 unspecified atom stereocenters. The fourth-order valence-electron chi connectivity index (χ4n) is 3.86. The lowest BCUT2D eigenvalue weighted by molar-refractivity contribution is -0.120. The van der Waals surface area contributed by atoms with E-state index in [0.29, 0.717) is 28.3 Å². The van der Waals surface area contributed by atoms with Crippen LogP contribution in [0, 0.1) is 5.82 Å². The number of halogens is 1. The minimum Gasteiger partial charge on any atom is -0.482 e. The molecule has 3 aromatic carbocycles. The summed E-state index contributed by atoms with van der Waals surface area (Å²) in [5.74, 6) is -0.159. The number of carbonyl (C=O) groups excluding carboxylic acids is 1. The summed E-state index contributed by atoms with van der Waals surface area (Å²) in [6.07, 6.45) is 1.54. The Bertz CT molecular complexity index is 1540. The van der Waals surface area contributed by atoms with Crippen LogP contribution in [0.3, 0.4) is 0 Å². The van der Waals surface area contributed by atoms with Crippen LogP contribution in [0.2, 0.25) is 0 Å². The second kappa shape index (κ2) is 9.31. The van der Waals surface area contributed by atoms with Crippen LogP contribution in [0.1, 0.15) is 0 Å². The van der Waals surface area contributed by atoms with Crippen molar-refractivity contribution in [3.8, 4) is 22.8 Å². The van der Waals surface area contributed by atoms with Gasteiger partial charge in [0.15, 0.2) is 6.61 Å². The van der Waals surface area contributed by atoms with Gasteiger partial charge in [-0.05, 0) is 60.2 Å². The van der Waals surface area contributed by atoms with Gasteiger partial charge in [0.2, 0.25) is 5.88 Å². The number of hydrogen-bond acceptors (Lipinski definition) is 6. The Morgan fingerprint density at radius 2 is 1.75 bits per heavy atom. The number of nitrogens with one attached hydrogen (secondary N) is 1. The van der Waals surface area contributed by atoms with Gasteiger partial charge in [-0.1, -0.05) is 24.3 Å². The molecule has 182 valence electrons. The van der Waals surface area contributed by atoms with Gasteiger partial charge in [-0.3, -0.25) is 14.4 Å². The highest BCUT2D eigenvalue weighted by Crippen LogP contribution is 2.40. The Balaban J connectivity index is 1.54. The molecule has 1 amide bonds. The number of rotatable bonds is 6. The Kier molecular flexibility index (Phi) is 6.03. The van der Waals surface area contributed by atoms with Crippen molar-refractivity contribution in [1.82, 2.24) is 4.98 Å². The molecule has 2 heterocycles. The molecule has 0 atom stereocenters. The Morgan fingerprint density at radius 3 is 2.47 bits per heavy atom. The highest BCUT2D eigenvalue weighted by atomic mass is 32.2. The quantitative estimate of drug-likeness (QED) is 0.406. The minimum atomic E-state index is -4.04. The van der Waals surface area contributed by atoms with E-state index in [0.717, 1.165) is 12.1 Å². The zero-order chi connectivity index (χ0) is 25.3. The van der Waals surface area contributed by atoms with Gasteiger partial charge in [0.05, 0.1) is 17.7 Å². The number of nitrogens with zero attached hydrogens (tertiary/aromatic N) is 2. The maximum atomic E-state index is 13.3. The van der Waals surface area contributed by atoms with E-state index >= 15 is 0 Å². The molecule has 0 radical (unpaired) electrons. The number of anilines is 3. The topological polar surface area (TPSA) is 97.8 Å². The van der Waals surface area contributed by atoms with Gasteiger partial charge in [0.25, 0.3) is 15.9 Å². The predicted octanol–water partition coefficient (Wildman–Crippen LogP) is 4.75. The van der Waals surface area contributed by atoms with E-state index in [-0.39, 0.29) is 29.0 Å². The zero-order valence-electron chi connectivity index (χ0n) is 19.0. The summed E-state index contributed by atoms with van der Waals surface area (Å²) in [6.45, 7) is -0.0827. The summed E-state index contributed by atoms with van der Waals surface area (Å²) in [7, 11) is -2.67. The highest BCUT2D eigenvalue weighted by molar-refractivity contribution is 7.92. The van der Waals surface area contributed by atoms with Gasteiger partial charge in [-0.15, -0.1) is 0 Å². The number of methoxy groups -OCH3 is 1. The lowest BCUT2D eigenvalue weighted by atomic mass is 10.0. The third-order valence-electron chi connectivity index (χ3n) is 5.56. The van der Waals surface area contributed by atoms with E-state index in [1.165, 1.54) is 25.4 Å². The molecule has 36 heavy (non-hydrogen) atoms. The number of carbonyl (C=O) groups is 1. The zero-order valence-corrected chi connectivity index (χ0v) is 19.8. The maximum Gasteiger partial charge on any atom is 0.269 e. The van der Waals surface area contributed by atoms with Crippen molar-refractivity contribution in [2.45, 2.75) is 4.90 Å². The van der Waals surface area contributed by atoms with Crippen molar-refractivity contribution in [3.63, 3.8) is 0 Å². The predicted molar refractivity (Wildman–Crippen MR) is 133 cm³/mol. The average Bonchev–Trinajstić information content (AvgIpc) is 2.89. The Labute approximate surface area is 207 Å². The number of fused-ring (bicyclic) bond motifs is 1. The molecule has 0 spiro atoms. The van der Waals surface area contributed by atoms with E-state index in [2.05, 4.69) is 9.71 Å². The van der Waals surface area contributed by atoms with Crippen LogP contribution in [0.4, 0.5) is 21.5 Å². The van der Waals surface area contributed by atoms with E-state index in [1.807, 2.05) is 30.3 Å². The fourth-order valence-corrected chi connectivity index (χ4v) is 4.90. The van der Waals surface area contributed by atoms with E-state index in [4.69, 9.17) is 9.47 Å². The maximum absolute atomic E-state index is 13.3. The lowest BCUT2D eigenvalue weighted by Crippen LogP contribution is -2.35. The molecule has 0 saturated heterocycles. The number of ether oxygens (including phenoxy) is 2. The lowest BCUT2D eigenvalue weighted by Gasteiger charge is -2.30. The number of sulfonamides is 1. The van der Waals surface area contributed by atoms with E-state index in [9.17, 15) is 17.6 Å². The van der Waals surface area contributed by atoms with Crippen LogP contribution >= 0.6 is 0 Å². The van der Waals surface area contributed by atoms with Gasteiger partial charge < -0.3 is 9.47 Å². The summed E-state index contributed by atoms with van der Waals surface area (Å²) < 4.78 is 52.3. The van der Waals surface area contributed by atoms with Crippen LogP contribution in [0.15, 0.2) is 90.0 Å². The second-order valence-corrected chi connectivity index (χ2v) is 9.56. The molecule has 0 aliphatic carbocycles. The van der Waals surface area contributed by atoms with Gasteiger partial charge in [-0.2, -0.15) is 0 Å². The summed E-state index contributed by atoms with van der Waals surface area (Å²) >= 11 is 0. The first kappa shape index (κ1) is 23.3. The molecule has 8 nitrogen and oxygen atoms in total. The minimum absolute atomic E-state index is 0.0619. The van der Waals surface area contributed by atoms with Crippen LogP contribution < -0.4 is 19.1 Å². The number of para-hydroxylation sites is 1. The largest absolute Gasteiger partial charge is 0.482 e. The molecule has 1 aliphatic heterocycles. The van der Waals surface area contributed by atoms with Crippen molar-refractivity contribution in [3.05, 3.63) is 90.9 Å². The van der Waals surface area contributed by atoms with Crippen LogP contribution in [-0.2, 0) is 14.8 Å². The van der Waals surface area contributed by atoms with Crippen molar-refractivity contribution < 1.29 is 27.1 Å². The third kappa shape index (κ3) is 4.46. The fraction of sp³-hybridized carbons (Fsp3) is 0.0769.